The van der Waals surface area contributed by atoms with Crippen LogP contribution in [0.2, 0.25) is 0 Å². The fourth-order valence-electron chi connectivity index (χ4n) is 3.46. The minimum atomic E-state index is 0.124. The standard InChI is InChI=1S/C20H25BrN2O3/c1-24-17-12-15(13-18(25-2)20(17)26-3)19(23-10-8-22-9-11-23)14-4-6-16(21)7-5-14/h4-7,12-13,19,22H,8-11H2,1-3H3. The van der Waals surface area contributed by atoms with Gasteiger partial charge in [-0.3, -0.25) is 4.90 Å². The quantitative estimate of drug-likeness (QED) is 0.774. The number of ether oxygens (including phenoxy) is 3. The summed E-state index contributed by atoms with van der Waals surface area (Å²) in [5.41, 5.74) is 2.37. The van der Waals surface area contributed by atoms with Crippen molar-refractivity contribution in [1.29, 1.82) is 0 Å². The van der Waals surface area contributed by atoms with Crippen LogP contribution in [0.3, 0.4) is 0 Å². The fraction of sp³-hybridized carbons (Fsp3) is 0.400. The third kappa shape index (κ3) is 3.98. The van der Waals surface area contributed by atoms with Gasteiger partial charge < -0.3 is 19.5 Å². The summed E-state index contributed by atoms with van der Waals surface area (Å²) in [6, 6.07) is 12.7. The van der Waals surface area contributed by atoms with Gasteiger partial charge in [-0.05, 0) is 35.4 Å². The SMILES string of the molecule is COc1cc(C(c2ccc(Br)cc2)N2CCNCC2)cc(OC)c1OC. The molecule has 0 radical (unpaired) electrons. The molecule has 6 heteroatoms. The first-order chi connectivity index (χ1) is 12.7. The molecule has 2 aromatic carbocycles. The van der Waals surface area contributed by atoms with E-state index >= 15 is 0 Å². The van der Waals surface area contributed by atoms with Gasteiger partial charge in [0.05, 0.1) is 27.4 Å². The largest absolute Gasteiger partial charge is 0.493 e. The molecule has 2 aromatic rings. The molecule has 1 aliphatic heterocycles. The molecule has 5 nitrogen and oxygen atoms in total. The fourth-order valence-corrected chi connectivity index (χ4v) is 3.72. The van der Waals surface area contributed by atoms with Gasteiger partial charge in [-0.25, -0.2) is 0 Å². The summed E-state index contributed by atoms with van der Waals surface area (Å²) >= 11 is 3.53. The summed E-state index contributed by atoms with van der Waals surface area (Å²) in [4.78, 5) is 2.49. The number of hydrogen-bond acceptors (Lipinski definition) is 5. The molecule has 0 aliphatic carbocycles. The number of nitrogens with one attached hydrogen (secondary N) is 1. The molecular formula is C20H25BrN2O3. The molecule has 1 saturated heterocycles. The van der Waals surface area contributed by atoms with Crippen LogP contribution in [-0.4, -0.2) is 52.4 Å². The monoisotopic (exact) mass is 420 g/mol. The summed E-state index contributed by atoms with van der Waals surface area (Å²) < 4.78 is 17.7. The van der Waals surface area contributed by atoms with E-state index in [1.165, 1.54) is 5.56 Å². The number of halogens is 1. The lowest BCUT2D eigenvalue weighted by Crippen LogP contribution is -2.45. The molecule has 1 atom stereocenters. The highest BCUT2D eigenvalue weighted by Crippen LogP contribution is 2.42. The third-order valence-corrected chi connectivity index (χ3v) is 5.23. The van der Waals surface area contributed by atoms with Crippen molar-refractivity contribution in [2.75, 3.05) is 47.5 Å². The number of methoxy groups -OCH3 is 3. The van der Waals surface area contributed by atoms with Gasteiger partial charge in [-0.1, -0.05) is 28.1 Å². The molecule has 1 fully saturated rings. The predicted octanol–water partition coefficient (Wildman–Crippen LogP) is 3.47. The van der Waals surface area contributed by atoms with Crippen molar-refractivity contribution in [3.63, 3.8) is 0 Å². The number of hydrogen-bond donors (Lipinski definition) is 1. The van der Waals surface area contributed by atoms with Crippen molar-refractivity contribution in [1.82, 2.24) is 10.2 Å². The second-order valence-corrected chi connectivity index (χ2v) is 7.11. The van der Waals surface area contributed by atoms with Crippen LogP contribution in [0.15, 0.2) is 40.9 Å². The zero-order chi connectivity index (χ0) is 18.5. The molecule has 0 amide bonds. The Hall–Kier alpha value is -1.76. The van der Waals surface area contributed by atoms with Gasteiger partial charge in [-0.15, -0.1) is 0 Å². The van der Waals surface area contributed by atoms with E-state index in [0.717, 1.165) is 36.2 Å². The Morgan fingerprint density at radius 1 is 0.885 bits per heavy atom. The topological polar surface area (TPSA) is 43.0 Å². The maximum atomic E-state index is 5.57. The molecule has 1 aliphatic rings. The number of nitrogens with zero attached hydrogens (tertiary/aromatic N) is 1. The van der Waals surface area contributed by atoms with Gasteiger partial charge in [0.15, 0.2) is 11.5 Å². The number of piperazine rings is 1. The summed E-state index contributed by atoms with van der Waals surface area (Å²) in [7, 11) is 4.93. The molecule has 1 heterocycles. The zero-order valence-electron chi connectivity index (χ0n) is 15.4. The molecule has 140 valence electrons. The minimum Gasteiger partial charge on any atom is -0.493 e. The lowest BCUT2D eigenvalue weighted by Gasteiger charge is -2.36. The Labute approximate surface area is 163 Å². The highest BCUT2D eigenvalue weighted by molar-refractivity contribution is 9.10. The Bertz CT molecular complexity index is 705. The molecule has 0 bridgehead atoms. The van der Waals surface area contributed by atoms with Crippen LogP contribution in [0.5, 0.6) is 17.2 Å². The predicted molar refractivity (Wildman–Crippen MR) is 107 cm³/mol. The summed E-state index contributed by atoms with van der Waals surface area (Å²) in [6.45, 7) is 3.93. The second kappa shape index (κ2) is 8.75. The van der Waals surface area contributed by atoms with Crippen molar-refractivity contribution in [2.24, 2.45) is 0 Å². The highest BCUT2D eigenvalue weighted by atomic mass is 79.9. The molecule has 1 unspecified atom stereocenters. The van der Waals surface area contributed by atoms with E-state index in [2.05, 4.69) is 62.5 Å². The number of benzene rings is 2. The summed E-state index contributed by atoms with van der Waals surface area (Å²) in [5, 5.41) is 3.43. The van der Waals surface area contributed by atoms with Crippen molar-refractivity contribution in [3.05, 3.63) is 52.0 Å². The Balaban J connectivity index is 2.10. The minimum absolute atomic E-state index is 0.124. The molecule has 0 spiro atoms. The zero-order valence-corrected chi connectivity index (χ0v) is 17.0. The van der Waals surface area contributed by atoms with Gasteiger partial charge >= 0.3 is 0 Å². The second-order valence-electron chi connectivity index (χ2n) is 6.20. The van der Waals surface area contributed by atoms with E-state index in [1.807, 2.05) is 0 Å². The summed E-state index contributed by atoms with van der Waals surface area (Å²) in [5.74, 6) is 1.98. The van der Waals surface area contributed by atoms with Gasteiger partial charge in [0.25, 0.3) is 0 Å². The molecule has 26 heavy (non-hydrogen) atoms. The van der Waals surface area contributed by atoms with Gasteiger partial charge in [0.1, 0.15) is 0 Å². The van der Waals surface area contributed by atoms with Crippen molar-refractivity contribution in [3.8, 4) is 17.2 Å². The summed E-state index contributed by atoms with van der Waals surface area (Å²) in [6.07, 6.45) is 0. The van der Waals surface area contributed by atoms with Gasteiger partial charge in [0, 0.05) is 30.7 Å². The van der Waals surface area contributed by atoms with E-state index in [0.29, 0.717) is 17.2 Å². The number of rotatable bonds is 6. The first kappa shape index (κ1) is 19.0. The third-order valence-electron chi connectivity index (χ3n) is 4.71. The van der Waals surface area contributed by atoms with E-state index in [-0.39, 0.29) is 6.04 Å². The first-order valence-corrected chi connectivity index (χ1v) is 9.47. The molecular weight excluding hydrogens is 396 g/mol. The molecule has 0 saturated carbocycles. The molecule has 0 aromatic heterocycles. The first-order valence-electron chi connectivity index (χ1n) is 8.68. The average Bonchev–Trinajstić information content (AvgIpc) is 2.69. The normalized spacial score (nSPS) is 16.2. The van der Waals surface area contributed by atoms with Crippen LogP contribution in [0.4, 0.5) is 0 Å². The lowest BCUT2D eigenvalue weighted by molar-refractivity contribution is 0.197. The Kier molecular flexibility index (Phi) is 6.40. The smallest absolute Gasteiger partial charge is 0.203 e. The van der Waals surface area contributed by atoms with Crippen LogP contribution in [0, 0.1) is 0 Å². The van der Waals surface area contributed by atoms with Gasteiger partial charge in [0.2, 0.25) is 5.75 Å². The van der Waals surface area contributed by atoms with E-state index in [4.69, 9.17) is 14.2 Å². The molecule has 3 rings (SSSR count). The van der Waals surface area contributed by atoms with Crippen LogP contribution in [0.25, 0.3) is 0 Å². The van der Waals surface area contributed by atoms with E-state index in [1.54, 1.807) is 21.3 Å². The Morgan fingerprint density at radius 2 is 1.46 bits per heavy atom. The Morgan fingerprint density at radius 3 is 1.96 bits per heavy atom. The van der Waals surface area contributed by atoms with Gasteiger partial charge in [-0.2, -0.15) is 0 Å². The van der Waals surface area contributed by atoms with Crippen molar-refractivity contribution >= 4 is 15.9 Å². The van der Waals surface area contributed by atoms with E-state index < -0.39 is 0 Å². The average molecular weight is 421 g/mol. The van der Waals surface area contributed by atoms with Crippen LogP contribution in [-0.2, 0) is 0 Å². The van der Waals surface area contributed by atoms with Crippen molar-refractivity contribution < 1.29 is 14.2 Å². The lowest BCUT2D eigenvalue weighted by atomic mass is 9.95. The van der Waals surface area contributed by atoms with E-state index in [9.17, 15) is 0 Å². The van der Waals surface area contributed by atoms with Crippen LogP contribution < -0.4 is 19.5 Å². The maximum absolute atomic E-state index is 5.57. The highest BCUT2D eigenvalue weighted by Gasteiger charge is 2.26. The maximum Gasteiger partial charge on any atom is 0.203 e. The van der Waals surface area contributed by atoms with Crippen LogP contribution in [0.1, 0.15) is 17.2 Å². The van der Waals surface area contributed by atoms with Crippen molar-refractivity contribution in [2.45, 2.75) is 6.04 Å². The molecule has 1 N–H and O–H groups in total. The van der Waals surface area contributed by atoms with Crippen LogP contribution >= 0.6 is 15.9 Å².